The topological polar surface area (TPSA) is 0 Å². The second-order valence-electron chi connectivity index (χ2n) is 3.05. The van der Waals surface area contributed by atoms with Crippen LogP contribution in [0.3, 0.4) is 0 Å². The fourth-order valence-corrected chi connectivity index (χ4v) is 0.895. The van der Waals surface area contributed by atoms with Gasteiger partial charge in [-0.25, -0.2) is 0 Å². The summed E-state index contributed by atoms with van der Waals surface area (Å²) in [7, 11) is 0. The van der Waals surface area contributed by atoms with Crippen LogP contribution in [-0.2, 0) is 0 Å². The Morgan fingerprint density at radius 1 is 1.40 bits per heavy atom. The van der Waals surface area contributed by atoms with Crippen molar-refractivity contribution in [2.45, 2.75) is 47.0 Å². The van der Waals surface area contributed by atoms with Gasteiger partial charge in [-0.1, -0.05) is 38.8 Å². The van der Waals surface area contributed by atoms with E-state index < -0.39 is 0 Å². The highest BCUT2D eigenvalue weighted by Crippen LogP contribution is 2.13. The van der Waals surface area contributed by atoms with Crippen LogP contribution >= 0.6 is 0 Å². The van der Waals surface area contributed by atoms with Gasteiger partial charge in [0, 0.05) is 0 Å². The van der Waals surface area contributed by atoms with Gasteiger partial charge in [0.2, 0.25) is 0 Å². The molecule has 0 rings (SSSR count). The minimum atomic E-state index is 0.784. The van der Waals surface area contributed by atoms with Crippen LogP contribution in [0, 0.1) is 5.92 Å². The molecule has 1 atom stereocenters. The summed E-state index contributed by atoms with van der Waals surface area (Å²) in [5.74, 6) is 0.784. The molecule has 0 aliphatic carbocycles. The van der Waals surface area contributed by atoms with E-state index in [2.05, 4.69) is 33.8 Å². The van der Waals surface area contributed by atoms with Crippen molar-refractivity contribution in [1.82, 2.24) is 0 Å². The maximum Gasteiger partial charge on any atom is -0.0237 e. The molecule has 0 heteroatoms. The third-order valence-electron chi connectivity index (χ3n) is 2.14. The van der Waals surface area contributed by atoms with E-state index in [-0.39, 0.29) is 0 Å². The number of allylic oxidation sites excluding steroid dienone is 2. The molecule has 60 valence electrons. The average molecular weight is 140 g/mol. The van der Waals surface area contributed by atoms with Crippen LogP contribution in [0.25, 0.3) is 0 Å². The van der Waals surface area contributed by atoms with E-state index in [9.17, 15) is 0 Å². The van der Waals surface area contributed by atoms with Crippen molar-refractivity contribution >= 4 is 0 Å². The van der Waals surface area contributed by atoms with Crippen LogP contribution in [0.15, 0.2) is 11.6 Å². The molecule has 0 aromatic rings. The average Bonchev–Trinajstić information content (AvgIpc) is 1.98. The molecule has 0 heterocycles. The summed E-state index contributed by atoms with van der Waals surface area (Å²) < 4.78 is 0. The van der Waals surface area contributed by atoms with Crippen LogP contribution < -0.4 is 0 Å². The summed E-state index contributed by atoms with van der Waals surface area (Å²) in [4.78, 5) is 0. The molecule has 0 saturated heterocycles. The Morgan fingerprint density at radius 2 is 2.00 bits per heavy atom. The zero-order chi connectivity index (χ0) is 7.98. The van der Waals surface area contributed by atoms with Crippen LogP contribution in [0.1, 0.15) is 47.0 Å². The monoisotopic (exact) mass is 140 g/mol. The minimum absolute atomic E-state index is 0.784. The first-order valence-corrected chi connectivity index (χ1v) is 4.39. The van der Waals surface area contributed by atoms with E-state index in [0.717, 1.165) is 5.92 Å². The summed E-state index contributed by atoms with van der Waals surface area (Å²) in [6.07, 6.45) is 6.16. The molecular formula is C10H20. The fourth-order valence-electron chi connectivity index (χ4n) is 0.895. The highest BCUT2D eigenvalue weighted by atomic mass is 14.0. The first-order valence-electron chi connectivity index (χ1n) is 4.39. The molecule has 10 heavy (non-hydrogen) atoms. The Hall–Kier alpha value is -0.260. The van der Waals surface area contributed by atoms with E-state index in [1.165, 1.54) is 19.3 Å². The maximum absolute atomic E-state index is 2.37. The third-order valence-corrected chi connectivity index (χ3v) is 2.14. The largest absolute Gasteiger partial charge is 0.0854 e. The van der Waals surface area contributed by atoms with Gasteiger partial charge in [0.15, 0.2) is 0 Å². The molecule has 0 N–H and O–H groups in total. The molecule has 0 amide bonds. The van der Waals surface area contributed by atoms with Crippen molar-refractivity contribution in [3.05, 3.63) is 11.6 Å². The van der Waals surface area contributed by atoms with Crippen LogP contribution in [0.5, 0.6) is 0 Å². The highest BCUT2D eigenvalue weighted by Gasteiger charge is 1.98. The predicted molar refractivity (Wildman–Crippen MR) is 48.1 cm³/mol. The van der Waals surface area contributed by atoms with Crippen LogP contribution in [0.4, 0.5) is 0 Å². The van der Waals surface area contributed by atoms with Gasteiger partial charge in [-0.05, 0) is 25.7 Å². The lowest BCUT2D eigenvalue weighted by atomic mass is 9.99. The smallest absolute Gasteiger partial charge is 0.0237 e. The minimum Gasteiger partial charge on any atom is -0.0854 e. The molecule has 0 aliphatic heterocycles. The molecule has 0 saturated carbocycles. The van der Waals surface area contributed by atoms with E-state index in [4.69, 9.17) is 0 Å². The zero-order valence-electron chi connectivity index (χ0n) is 7.78. The van der Waals surface area contributed by atoms with E-state index >= 15 is 0 Å². The number of rotatable bonds is 4. The summed E-state index contributed by atoms with van der Waals surface area (Å²) >= 11 is 0. The van der Waals surface area contributed by atoms with Gasteiger partial charge in [-0.3, -0.25) is 0 Å². The summed E-state index contributed by atoms with van der Waals surface area (Å²) in [6.45, 7) is 9.00. The van der Waals surface area contributed by atoms with Crippen LogP contribution in [-0.4, -0.2) is 0 Å². The molecule has 0 nitrogen and oxygen atoms in total. The SMILES string of the molecule is CCC/C=C(\C)C(C)CC. The van der Waals surface area contributed by atoms with Gasteiger partial charge < -0.3 is 0 Å². The Labute approximate surface area is 65.3 Å². The van der Waals surface area contributed by atoms with Crippen molar-refractivity contribution in [3.8, 4) is 0 Å². The number of unbranched alkanes of at least 4 members (excludes halogenated alkanes) is 1. The van der Waals surface area contributed by atoms with Gasteiger partial charge in [0.1, 0.15) is 0 Å². The molecular weight excluding hydrogens is 120 g/mol. The predicted octanol–water partition coefficient (Wildman–Crippen LogP) is 3.78. The molecule has 0 fully saturated rings. The lowest BCUT2D eigenvalue weighted by molar-refractivity contribution is 0.650. The van der Waals surface area contributed by atoms with Crippen molar-refractivity contribution in [1.29, 1.82) is 0 Å². The van der Waals surface area contributed by atoms with Crippen molar-refractivity contribution in [3.63, 3.8) is 0 Å². The maximum atomic E-state index is 2.37. The highest BCUT2D eigenvalue weighted by molar-refractivity contribution is 5.01. The summed E-state index contributed by atoms with van der Waals surface area (Å²) in [5.41, 5.74) is 1.56. The van der Waals surface area contributed by atoms with E-state index in [1.807, 2.05) is 0 Å². The van der Waals surface area contributed by atoms with Crippen molar-refractivity contribution in [2.24, 2.45) is 5.92 Å². The number of hydrogen-bond donors (Lipinski definition) is 0. The summed E-state index contributed by atoms with van der Waals surface area (Å²) in [6, 6.07) is 0. The lowest BCUT2D eigenvalue weighted by Crippen LogP contribution is -1.92. The first kappa shape index (κ1) is 9.74. The Kier molecular flexibility index (Phi) is 5.38. The summed E-state index contributed by atoms with van der Waals surface area (Å²) in [5, 5.41) is 0. The molecule has 0 aromatic carbocycles. The van der Waals surface area contributed by atoms with Gasteiger partial charge in [0.25, 0.3) is 0 Å². The van der Waals surface area contributed by atoms with E-state index in [0.29, 0.717) is 0 Å². The van der Waals surface area contributed by atoms with Crippen molar-refractivity contribution in [2.75, 3.05) is 0 Å². The van der Waals surface area contributed by atoms with Gasteiger partial charge >= 0.3 is 0 Å². The first-order chi connectivity index (χ1) is 4.72. The number of hydrogen-bond acceptors (Lipinski definition) is 0. The standard InChI is InChI=1S/C10H20/c1-5-7-8-10(4)9(3)6-2/h8-9H,5-7H2,1-4H3/b10-8+. The van der Waals surface area contributed by atoms with Crippen LogP contribution in [0.2, 0.25) is 0 Å². The fraction of sp³-hybridized carbons (Fsp3) is 0.800. The Morgan fingerprint density at radius 3 is 2.40 bits per heavy atom. The second kappa shape index (κ2) is 5.52. The zero-order valence-corrected chi connectivity index (χ0v) is 7.78. The molecule has 0 radical (unpaired) electrons. The quantitative estimate of drug-likeness (QED) is 0.521. The van der Waals surface area contributed by atoms with Gasteiger partial charge in [-0.2, -0.15) is 0 Å². The lowest BCUT2D eigenvalue weighted by Gasteiger charge is -2.07. The van der Waals surface area contributed by atoms with Gasteiger partial charge in [-0.15, -0.1) is 0 Å². The van der Waals surface area contributed by atoms with E-state index in [1.54, 1.807) is 5.57 Å². The Balaban J connectivity index is 3.67. The third kappa shape index (κ3) is 3.71. The van der Waals surface area contributed by atoms with Crippen molar-refractivity contribution < 1.29 is 0 Å². The normalized spacial score (nSPS) is 15.4. The van der Waals surface area contributed by atoms with Gasteiger partial charge in [0.05, 0.1) is 0 Å². The molecule has 0 bridgehead atoms. The molecule has 0 aromatic heterocycles. The molecule has 0 spiro atoms. The molecule has 0 aliphatic rings. The Bertz CT molecular complexity index is 101. The molecule has 1 unspecified atom stereocenters. The second-order valence-corrected chi connectivity index (χ2v) is 3.05.